The minimum Gasteiger partial charge on any atom is -0.496 e. The maximum atomic E-state index is 14.3. The monoisotopic (exact) mass is 594 g/mol. The number of rotatable bonds is 9. The van der Waals surface area contributed by atoms with Crippen LogP contribution in [0.4, 0.5) is 0 Å². The summed E-state index contributed by atoms with van der Waals surface area (Å²) in [6.45, 7) is 9.38. The normalized spacial score (nSPS) is 29.9. The van der Waals surface area contributed by atoms with E-state index in [-0.39, 0.29) is 11.6 Å². The van der Waals surface area contributed by atoms with Gasteiger partial charge in [-0.3, -0.25) is 9.59 Å². The van der Waals surface area contributed by atoms with Crippen LogP contribution in [0.5, 0.6) is 5.75 Å². The van der Waals surface area contributed by atoms with Gasteiger partial charge < -0.3 is 18.6 Å². The molecule has 2 aliphatic heterocycles. The van der Waals surface area contributed by atoms with Crippen LogP contribution in [0.2, 0.25) is 0 Å². The highest BCUT2D eigenvalue weighted by atomic mass is 16.6. The predicted octanol–water partition coefficient (Wildman–Crippen LogP) is 6.81. The van der Waals surface area contributed by atoms with Gasteiger partial charge in [-0.05, 0) is 40.7 Å². The average Bonchev–Trinajstić information content (AvgIpc) is 3.16. The molecule has 2 fully saturated rings. The van der Waals surface area contributed by atoms with Gasteiger partial charge in [0.25, 0.3) is 0 Å². The van der Waals surface area contributed by atoms with E-state index >= 15 is 0 Å². The third kappa shape index (κ3) is 5.42. The largest absolute Gasteiger partial charge is 0.496 e. The van der Waals surface area contributed by atoms with Crippen molar-refractivity contribution in [1.82, 2.24) is 0 Å². The molecule has 5 rings (SSSR count). The zero-order valence-corrected chi connectivity index (χ0v) is 25.9. The maximum Gasteiger partial charge on any atom is 0.339 e. The summed E-state index contributed by atoms with van der Waals surface area (Å²) in [5.41, 5.74) is -1.98. The molecule has 7 heteroatoms. The first-order valence-corrected chi connectivity index (χ1v) is 14.7. The summed E-state index contributed by atoms with van der Waals surface area (Å²) >= 11 is 0. The molecule has 2 saturated heterocycles. The third-order valence-electron chi connectivity index (χ3n) is 9.04. The molecule has 6 atom stereocenters. The molecule has 2 aromatic carbocycles. The van der Waals surface area contributed by atoms with Crippen LogP contribution in [0.3, 0.4) is 0 Å². The molecule has 1 aromatic heterocycles. The van der Waals surface area contributed by atoms with Crippen molar-refractivity contribution in [2.45, 2.75) is 57.5 Å². The van der Waals surface area contributed by atoms with Crippen LogP contribution >= 0.6 is 0 Å². The van der Waals surface area contributed by atoms with E-state index in [1.807, 2.05) is 83.2 Å². The summed E-state index contributed by atoms with van der Waals surface area (Å²) in [6.07, 6.45) is 10.3. The van der Waals surface area contributed by atoms with Gasteiger partial charge >= 0.3 is 5.63 Å². The lowest BCUT2D eigenvalue weighted by Crippen LogP contribution is -2.67. The van der Waals surface area contributed by atoms with Crippen LogP contribution in [0, 0.1) is 18.8 Å². The summed E-state index contributed by atoms with van der Waals surface area (Å²) < 4.78 is 24.1. The highest BCUT2D eigenvalue weighted by Gasteiger charge is 2.73. The van der Waals surface area contributed by atoms with Crippen molar-refractivity contribution in [3.63, 3.8) is 0 Å². The van der Waals surface area contributed by atoms with Crippen molar-refractivity contribution in [1.29, 1.82) is 0 Å². The quantitative estimate of drug-likeness (QED) is 0.199. The SMILES string of the molecule is COc1cc(=O)oc(/C=C/C=C/C=C/[C@]2(C)O[C@]3(C)[C@@H](C(=O)c4ccccc4)[C@@](C)(O[C@@H]3C)[C@H]2C(=O)c2ccccc2)c1C. The van der Waals surface area contributed by atoms with E-state index < -0.39 is 40.4 Å². The Bertz CT molecular complexity index is 1690. The number of carbonyl (C=O) groups is 2. The van der Waals surface area contributed by atoms with Crippen LogP contribution < -0.4 is 10.4 Å². The number of allylic oxidation sites excluding steroid dienone is 4. The van der Waals surface area contributed by atoms with Crippen molar-refractivity contribution < 1.29 is 28.2 Å². The highest BCUT2D eigenvalue weighted by Crippen LogP contribution is 2.60. The first kappa shape index (κ1) is 31.1. The molecule has 2 aliphatic rings. The second-order valence-electron chi connectivity index (χ2n) is 12.0. The summed E-state index contributed by atoms with van der Waals surface area (Å²) in [7, 11) is 1.50. The van der Waals surface area contributed by atoms with Gasteiger partial charge in [0.1, 0.15) is 17.1 Å². The minimum absolute atomic E-state index is 0.110. The molecule has 0 spiro atoms. The van der Waals surface area contributed by atoms with Gasteiger partial charge in [-0.15, -0.1) is 0 Å². The number of Topliss-reactive ketones (excluding diaryl/α,β-unsaturated/α-hetero) is 2. The number of benzene rings is 2. The zero-order valence-electron chi connectivity index (χ0n) is 25.9. The standard InChI is InChI=1S/C37H38O7/c1-24-28(42-30(38)23-29(24)41-6)21-15-7-8-16-22-35(3)33(31(39)26-17-11-9-12-18-26)37(5)34(36(4,44-35)25(2)43-37)32(40)27-19-13-10-14-20-27/h7-23,25,33-34H,1-6H3/b8-7+,21-15+,22-16+/t25-,33+,34-,35+,36+,37+/m1/s1. The summed E-state index contributed by atoms with van der Waals surface area (Å²) in [6, 6.07) is 19.5. The average molecular weight is 595 g/mol. The van der Waals surface area contributed by atoms with Gasteiger partial charge in [-0.1, -0.05) is 91.0 Å². The zero-order chi connectivity index (χ0) is 31.7. The fourth-order valence-electron chi connectivity index (χ4n) is 7.00. The molecule has 0 unspecified atom stereocenters. The number of ketones is 2. The van der Waals surface area contributed by atoms with Crippen molar-refractivity contribution >= 4 is 17.6 Å². The Balaban J connectivity index is 1.51. The molecule has 3 heterocycles. The van der Waals surface area contributed by atoms with Crippen LogP contribution in [-0.4, -0.2) is 41.6 Å². The predicted molar refractivity (Wildman–Crippen MR) is 169 cm³/mol. The first-order chi connectivity index (χ1) is 20.9. The molecule has 44 heavy (non-hydrogen) atoms. The van der Waals surface area contributed by atoms with Crippen LogP contribution in [-0.2, 0) is 9.47 Å². The van der Waals surface area contributed by atoms with E-state index in [4.69, 9.17) is 18.6 Å². The van der Waals surface area contributed by atoms with Crippen LogP contribution in [0.1, 0.15) is 59.7 Å². The fraction of sp³-hybridized carbons (Fsp3) is 0.324. The van der Waals surface area contributed by atoms with Crippen molar-refractivity contribution in [2.24, 2.45) is 11.8 Å². The van der Waals surface area contributed by atoms with E-state index in [2.05, 4.69) is 0 Å². The first-order valence-electron chi connectivity index (χ1n) is 14.7. The van der Waals surface area contributed by atoms with Gasteiger partial charge in [-0.25, -0.2) is 4.79 Å². The van der Waals surface area contributed by atoms with Crippen LogP contribution in [0.15, 0.2) is 106 Å². The number of hydrogen-bond acceptors (Lipinski definition) is 7. The summed E-state index contributed by atoms with van der Waals surface area (Å²) in [5.74, 6) is -0.959. The van der Waals surface area contributed by atoms with Gasteiger partial charge in [0, 0.05) is 16.7 Å². The molecule has 2 bridgehead atoms. The lowest BCUT2D eigenvalue weighted by Gasteiger charge is -2.53. The van der Waals surface area contributed by atoms with E-state index in [1.165, 1.54) is 13.2 Å². The molecular formula is C37H38O7. The van der Waals surface area contributed by atoms with E-state index in [9.17, 15) is 14.4 Å². The van der Waals surface area contributed by atoms with Gasteiger partial charge in [0.05, 0.1) is 42.3 Å². The number of hydrogen-bond donors (Lipinski definition) is 0. The van der Waals surface area contributed by atoms with Crippen LogP contribution in [0.25, 0.3) is 6.08 Å². The van der Waals surface area contributed by atoms with E-state index in [1.54, 1.807) is 48.6 Å². The molecule has 0 aliphatic carbocycles. The molecule has 0 saturated carbocycles. The van der Waals surface area contributed by atoms with Crippen molar-refractivity contribution in [3.8, 4) is 5.75 Å². The number of carbonyl (C=O) groups excluding carboxylic acids is 2. The number of methoxy groups -OCH3 is 1. The van der Waals surface area contributed by atoms with Gasteiger partial charge in [-0.2, -0.15) is 0 Å². The molecule has 0 amide bonds. The molecule has 0 radical (unpaired) electrons. The molecule has 228 valence electrons. The number of fused-ring (bicyclic) bond motifs is 2. The van der Waals surface area contributed by atoms with Gasteiger partial charge in [0.2, 0.25) is 0 Å². The highest BCUT2D eigenvalue weighted by molar-refractivity contribution is 6.03. The second-order valence-corrected chi connectivity index (χ2v) is 12.0. The second kappa shape index (κ2) is 12.0. The maximum absolute atomic E-state index is 14.3. The molecular weight excluding hydrogens is 556 g/mol. The molecule has 3 aromatic rings. The summed E-state index contributed by atoms with van der Waals surface area (Å²) in [4.78, 5) is 40.3. The molecule has 7 nitrogen and oxygen atoms in total. The van der Waals surface area contributed by atoms with E-state index in [0.29, 0.717) is 28.2 Å². The topological polar surface area (TPSA) is 92.0 Å². The Morgan fingerprint density at radius 3 is 1.98 bits per heavy atom. The van der Waals surface area contributed by atoms with E-state index in [0.717, 1.165) is 0 Å². The molecule has 0 N–H and O–H groups in total. The Kier molecular flexibility index (Phi) is 8.47. The lowest BCUT2D eigenvalue weighted by molar-refractivity contribution is -0.192. The van der Waals surface area contributed by atoms with Gasteiger partial charge in [0.15, 0.2) is 11.6 Å². The Morgan fingerprint density at radius 1 is 0.818 bits per heavy atom. The van der Waals surface area contributed by atoms with Crippen molar-refractivity contribution in [2.75, 3.05) is 7.11 Å². The van der Waals surface area contributed by atoms with Crippen molar-refractivity contribution in [3.05, 3.63) is 130 Å². The Hall–Kier alpha value is -4.33. The summed E-state index contributed by atoms with van der Waals surface area (Å²) in [5, 5.41) is 0. The minimum atomic E-state index is -1.16. The Labute approximate surface area is 257 Å². The lowest BCUT2D eigenvalue weighted by atomic mass is 9.59. The third-order valence-corrected chi connectivity index (χ3v) is 9.04. The Morgan fingerprint density at radius 2 is 1.39 bits per heavy atom. The fourth-order valence-corrected chi connectivity index (χ4v) is 7.00. The number of ether oxygens (including phenoxy) is 3. The smallest absolute Gasteiger partial charge is 0.339 e.